The minimum absolute atomic E-state index is 0.0587. The molecule has 1 aliphatic rings. The van der Waals surface area contributed by atoms with Gasteiger partial charge in [0.1, 0.15) is 33.6 Å². The highest BCUT2D eigenvalue weighted by atomic mass is 16.6. The normalized spacial score (nSPS) is 12.1. The summed E-state index contributed by atoms with van der Waals surface area (Å²) in [5.41, 5.74) is -3.72. The molecule has 18 heteroatoms. The van der Waals surface area contributed by atoms with E-state index in [1.54, 1.807) is 125 Å². The number of carbonyl (C=O) groups is 6. The number of ether oxygens (including phenoxy) is 6. The SMILES string of the molecule is CC(C)(C)OC(=O)Nc1cc2c(cc1NC(=O)OC(C)(C)C)C#Cc1cc(NC(=O)OC(C)(C)C)c(NC(=O)OC(C)(C)C)cc1C#Cc1cc(NC(=O)OC(C)(C)C)c(NC(=O)OC(C)(C)C)cc1C#C2. The summed E-state index contributed by atoms with van der Waals surface area (Å²) in [6.07, 6.45) is -5.08. The largest absolute Gasteiger partial charge is 0.444 e. The first-order valence-electron chi connectivity index (χ1n) is 22.9. The van der Waals surface area contributed by atoms with Crippen molar-refractivity contribution in [1.29, 1.82) is 0 Å². The fourth-order valence-electron chi connectivity index (χ4n) is 5.93. The van der Waals surface area contributed by atoms with E-state index in [9.17, 15) is 28.8 Å². The fourth-order valence-corrected chi connectivity index (χ4v) is 5.93. The van der Waals surface area contributed by atoms with Gasteiger partial charge in [0, 0.05) is 33.4 Å². The predicted molar refractivity (Wildman–Crippen MR) is 276 cm³/mol. The Bertz CT molecular complexity index is 2350. The van der Waals surface area contributed by atoms with Crippen molar-refractivity contribution in [3.8, 4) is 35.5 Å². The first-order valence-corrected chi connectivity index (χ1v) is 22.9. The monoisotopic (exact) mass is 990 g/mol. The summed E-state index contributed by atoms with van der Waals surface area (Å²) in [5, 5.41) is 16.2. The second-order valence-electron chi connectivity index (χ2n) is 22.3. The van der Waals surface area contributed by atoms with E-state index in [1.165, 1.54) is 36.4 Å². The van der Waals surface area contributed by atoms with Gasteiger partial charge in [0.25, 0.3) is 0 Å². The molecule has 384 valence electrons. The number of hydrogen-bond acceptors (Lipinski definition) is 12. The molecule has 0 fully saturated rings. The molecule has 72 heavy (non-hydrogen) atoms. The number of rotatable bonds is 6. The van der Waals surface area contributed by atoms with Crippen LogP contribution >= 0.6 is 0 Å². The summed E-state index contributed by atoms with van der Waals surface area (Å²) in [5.74, 6) is 18.7. The molecule has 4 rings (SSSR count). The minimum atomic E-state index is -0.898. The van der Waals surface area contributed by atoms with Crippen LogP contribution in [0.3, 0.4) is 0 Å². The van der Waals surface area contributed by atoms with Crippen LogP contribution in [-0.2, 0) is 28.4 Å². The fraction of sp³-hybridized carbons (Fsp3) is 0.444. The molecule has 0 spiro atoms. The number of carbonyl (C=O) groups excluding carboxylic acids is 6. The molecule has 1 aliphatic carbocycles. The van der Waals surface area contributed by atoms with Crippen molar-refractivity contribution in [2.75, 3.05) is 31.9 Å². The van der Waals surface area contributed by atoms with E-state index in [0.29, 0.717) is 0 Å². The van der Waals surface area contributed by atoms with E-state index >= 15 is 0 Å². The van der Waals surface area contributed by atoms with Crippen LogP contribution in [0.1, 0.15) is 158 Å². The number of amides is 6. The van der Waals surface area contributed by atoms with Crippen LogP contribution in [0.5, 0.6) is 0 Å². The molecule has 0 radical (unpaired) electrons. The summed E-state index contributed by atoms with van der Waals surface area (Å²) >= 11 is 0. The van der Waals surface area contributed by atoms with Crippen LogP contribution in [0.25, 0.3) is 0 Å². The van der Waals surface area contributed by atoms with Crippen LogP contribution < -0.4 is 31.9 Å². The third-order valence-corrected chi connectivity index (χ3v) is 8.28. The van der Waals surface area contributed by atoms with E-state index in [0.717, 1.165) is 0 Å². The van der Waals surface area contributed by atoms with Crippen LogP contribution in [0.2, 0.25) is 0 Å². The molecule has 0 bridgehead atoms. The molecule has 0 aromatic heterocycles. The van der Waals surface area contributed by atoms with Crippen molar-refractivity contribution in [3.63, 3.8) is 0 Å². The zero-order chi connectivity index (χ0) is 54.4. The van der Waals surface area contributed by atoms with Crippen molar-refractivity contribution in [3.05, 3.63) is 69.8 Å². The molecule has 6 amide bonds. The lowest BCUT2D eigenvalue weighted by atomic mass is 9.99. The van der Waals surface area contributed by atoms with Gasteiger partial charge >= 0.3 is 36.6 Å². The summed E-state index contributed by atoms with van der Waals surface area (Å²) in [4.78, 5) is 79.8. The molecule has 18 nitrogen and oxygen atoms in total. The zero-order valence-electron chi connectivity index (χ0n) is 44.4. The molecule has 0 atom stereocenters. The van der Waals surface area contributed by atoms with Crippen LogP contribution in [0.4, 0.5) is 62.9 Å². The minimum Gasteiger partial charge on any atom is -0.444 e. The van der Waals surface area contributed by atoms with E-state index in [1.807, 2.05) is 0 Å². The van der Waals surface area contributed by atoms with Gasteiger partial charge in [-0.05, 0) is 161 Å². The highest BCUT2D eigenvalue weighted by molar-refractivity contribution is 5.99. The lowest BCUT2D eigenvalue weighted by molar-refractivity contribution is 0.0621. The van der Waals surface area contributed by atoms with E-state index in [2.05, 4.69) is 67.4 Å². The maximum Gasteiger partial charge on any atom is 0.412 e. The number of nitrogens with one attached hydrogen (secondary N) is 6. The quantitative estimate of drug-likeness (QED) is 0.0783. The maximum absolute atomic E-state index is 13.3. The molecule has 3 aromatic carbocycles. The van der Waals surface area contributed by atoms with Crippen molar-refractivity contribution < 1.29 is 57.2 Å². The summed E-state index contributed by atoms with van der Waals surface area (Å²) in [6, 6.07) is 8.88. The Morgan fingerprint density at radius 2 is 0.375 bits per heavy atom. The second kappa shape index (κ2) is 21.5. The van der Waals surface area contributed by atoms with Gasteiger partial charge in [-0.2, -0.15) is 0 Å². The van der Waals surface area contributed by atoms with Crippen LogP contribution in [0, 0.1) is 35.5 Å². The molecular weight excluding hydrogens is 925 g/mol. The van der Waals surface area contributed by atoms with E-state index < -0.39 is 70.2 Å². The summed E-state index contributed by atoms with van der Waals surface area (Å²) < 4.78 is 33.3. The maximum atomic E-state index is 13.3. The van der Waals surface area contributed by atoms with Crippen LogP contribution in [0.15, 0.2) is 36.4 Å². The lowest BCUT2D eigenvalue weighted by Gasteiger charge is -2.23. The highest BCUT2D eigenvalue weighted by Gasteiger charge is 2.26. The van der Waals surface area contributed by atoms with Gasteiger partial charge in [-0.25, -0.2) is 28.8 Å². The standard InChI is InChI=1S/C54H66N6O12/c1-49(2,3)67-43(61)55-37-25-31-19-20-33-27-39(57-45(63)69-51(7,8)9)41(59-47(65)71-53(13,14)15)29-35(33)23-24-36-30-42(60-48(66)72-54(16,17)18)40(58-46(64)70-52(10,11)12)28-34(36)22-21-32(31)26-38(37)56-44(62)68-50(4,5)6/h25-30H,1-18H3,(H,55,61)(H,56,62)(H,57,63)(H,58,64)(H,59,65)(H,60,66). The number of anilines is 6. The lowest BCUT2D eigenvalue weighted by Crippen LogP contribution is -2.29. The van der Waals surface area contributed by atoms with Crippen molar-refractivity contribution in [2.45, 2.75) is 158 Å². The number of hydrogen-bond donors (Lipinski definition) is 6. The Morgan fingerprint density at radius 3 is 0.472 bits per heavy atom. The second-order valence-corrected chi connectivity index (χ2v) is 22.3. The third kappa shape index (κ3) is 19.4. The summed E-state index contributed by atoms with van der Waals surface area (Å²) in [6.45, 7) is 30.4. The molecule has 0 aliphatic heterocycles. The average molecular weight is 991 g/mol. The Labute approximate surface area is 422 Å². The molecule has 3 aromatic rings. The Hall–Kier alpha value is -8.04. The molecule has 6 N–H and O–H groups in total. The predicted octanol–water partition coefficient (Wildman–Crippen LogP) is 12.3. The first-order chi connectivity index (χ1) is 32.8. The Balaban J connectivity index is 2.17. The molecule has 0 unspecified atom stereocenters. The topological polar surface area (TPSA) is 230 Å². The van der Waals surface area contributed by atoms with Crippen molar-refractivity contribution in [2.24, 2.45) is 0 Å². The van der Waals surface area contributed by atoms with Gasteiger partial charge in [-0.3, -0.25) is 31.9 Å². The Morgan fingerprint density at radius 1 is 0.264 bits per heavy atom. The highest BCUT2D eigenvalue weighted by Crippen LogP contribution is 2.33. The molecule has 0 saturated carbocycles. The molecule has 0 heterocycles. The number of fused-ring (bicyclic) bond motifs is 3. The van der Waals surface area contributed by atoms with Gasteiger partial charge < -0.3 is 28.4 Å². The van der Waals surface area contributed by atoms with Gasteiger partial charge in [-0.1, -0.05) is 35.5 Å². The van der Waals surface area contributed by atoms with E-state index in [-0.39, 0.29) is 67.5 Å². The smallest absolute Gasteiger partial charge is 0.412 e. The van der Waals surface area contributed by atoms with Gasteiger partial charge in [-0.15, -0.1) is 0 Å². The van der Waals surface area contributed by atoms with Gasteiger partial charge in [0.2, 0.25) is 0 Å². The summed E-state index contributed by atoms with van der Waals surface area (Å²) in [7, 11) is 0. The van der Waals surface area contributed by atoms with Crippen molar-refractivity contribution >= 4 is 70.7 Å². The Kier molecular flexibility index (Phi) is 16.9. The first kappa shape index (κ1) is 56.5. The molecular formula is C54H66N6O12. The van der Waals surface area contributed by atoms with Gasteiger partial charge in [0.05, 0.1) is 34.1 Å². The molecule has 0 saturated heterocycles. The van der Waals surface area contributed by atoms with Crippen molar-refractivity contribution in [1.82, 2.24) is 0 Å². The van der Waals surface area contributed by atoms with Gasteiger partial charge in [0.15, 0.2) is 0 Å². The third-order valence-electron chi connectivity index (χ3n) is 8.28. The number of benzene rings is 3. The zero-order valence-corrected chi connectivity index (χ0v) is 44.4. The van der Waals surface area contributed by atoms with Crippen LogP contribution in [-0.4, -0.2) is 70.2 Å². The average Bonchev–Trinajstić information content (AvgIpc) is 3.13. The van der Waals surface area contributed by atoms with E-state index in [4.69, 9.17) is 28.4 Å².